The van der Waals surface area contributed by atoms with Crippen molar-refractivity contribution in [2.45, 2.75) is 18.8 Å². The van der Waals surface area contributed by atoms with E-state index in [2.05, 4.69) is 52.3 Å². The van der Waals surface area contributed by atoms with Crippen LogP contribution in [0.25, 0.3) is 0 Å². The lowest BCUT2D eigenvalue weighted by molar-refractivity contribution is 0.583. The summed E-state index contributed by atoms with van der Waals surface area (Å²) >= 11 is 3.65. The molecule has 0 heterocycles. The fraction of sp³-hybridized carbons (Fsp3) is 0.385. The molecule has 0 radical (unpaired) electrons. The van der Waals surface area contributed by atoms with E-state index in [9.17, 15) is 0 Å². The third-order valence-electron chi connectivity index (χ3n) is 3.58. The van der Waals surface area contributed by atoms with Gasteiger partial charge in [-0.05, 0) is 42.2 Å². The lowest BCUT2D eigenvalue weighted by Crippen LogP contribution is -2.05. The average molecular weight is 249 g/mol. The predicted molar refractivity (Wildman–Crippen MR) is 62.2 cm³/mol. The maximum atomic E-state index is 3.65. The monoisotopic (exact) mass is 248 g/mol. The van der Waals surface area contributed by atoms with Crippen molar-refractivity contribution < 1.29 is 0 Å². The van der Waals surface area contributed by atoms with Crippen molar-refractivity contribution >= 4 is 15.9 Å². The highest BCUT2D eigenvalue weighted by atomic mass is 79.9. The normalized spacial score (nSPS) is 33.9. The number of rotatable bonds is 1. The third-order valence-corrected chi connectivity index (χ3v) is 4.31. The van der Waals surface area contributed by atoms with Gasteiger partial charge in [0.05, 0.1) is 0 Å². The van der Waals surface area contributed by atoms with Gasteiger partial charge in [0, 0.05) is 4.47 Å². The van der Waals surface area contributed by atoms with Gasteiger partial charge in [0.1, 0.15) is 0 Å². The number of halogens is 1. The molecule has 0 aromatic heterocycles. The highest BCUT2D eigenvalue weighted by molar-refractivity contribution is 9.10. The molecule has 3 atom stereocenters. The van der Waals surface area contributed by atoms with Crippen LogP contribution in [-0.2, 0) is 0 Å². The van der Waals surface area contributed by atoms with Gasteiger partial charge in [-0.3, -0.25) is 0 Å². The molecule has 3 unspecified atom stereocenters. The van der Waals surface area contributed by atoms with E-state index in [4.69, 9.17) is 0 Å². The first-order chi connectivity index (χ1) is 6.84. The Kier molecular flexibility index (Phi) is 2.01. The summed E-state index contributed by atoms with van der Waals surface area (Å²) in [5.74, 6) is 2.43. The lowest BCUT2D eigenvalue weighted by atomic mass is 9.87. The van der Waals surface area contributed by atoms with Crippen molar-refractivity contribution in [3.05, 3.63) is 46.5 Å². The molecule has 1 heteroatoms. The first-order valence-electron chi connectivity index (χ1n) is 5.27. The van der Waals surface area contributed by atoms with Crippen molar-refractivity contribution in [2.24, 2.45) is 11.8 Å². The summed E-state index contributed by atoms with van der Waals surface area (Å²) in [6.07, 6.45) is 7.55. The average Bonchev–Trinajstić information content (AvgIpc) is 2.79. The summed E-state index contributed by atoms with van der Waals surface area (Å²) in [4.78, 5) is 0. The standard InChI is InChI=1S/C13H13Br/c14-13-4-2-1-3-11(13)12-8-9-5-6-10(12)7-9/h1-6,9-10,12H,7-8H2. The molecule has 72 valence electrons. The van der Waals surface area contributed by atoms with Crippen LogP contribution in [0.5, 0.6) is 0 Å². The molecule has 0 spiro atoms. The topological polar surface area (TPSA) is 0 Å². The van der Waals surface area contributed by atoms with Crippen molar-refractivity contribution in [3.63, 3.8) is 0 Å². The second-order valence-electron chi connectivity index (χ2n) is 4.41. The van der Waals surface area contributed by atoms with Crippen molar-refractivity contribution in [1.29, 1.82) is 0 Å². The Labute approximate surface area is 93.2 Å². The van der Waals surface area contributed by atoms with Crippen LogP contribution in [0, 0.1) is 11.8 Å². The van der Waals surface area contributed by atoms with Gasteiger partial charge in [-0.2, -0.15) is 0 Å². The van der Waals surface area contributed by atoms with Crippen molar-refractivity contribution in [2.75, 3.05) is 0 Å². The molecule has 2 aliphatic rings. The molecule has 2 aliphatic carbocycles. The van der Waals surface area contributed by atoms with Crippen molar-refractivity contribution in [1.82, 2.24) is 0 Å². The Morgan fingerprint density at radius 2 is 1.93 bits per heavy atom. The zero-order valence-electron chi connectivity index (χ0n) is 7.99. The number of hydrogen-bond donors (Lipinski definition) is 0. The zero-order valence-corrected chi connectivity index (χ0v) is 9.57. The Bertz CT molecular complexity index is 381. The molecule has 0 aliphatic heterocycles. The smallest absolute Gasteiger partial charge is 0.0210 e. The summed E-state index contributed by atoms with van der Waals surface area (Å²) in [7, 11) is 0. The van der Waals surface area contributed by atoms with Gasteiger partial charge >= 0.3 is 0 Å². The second-order valence-corrected chi connectivity index (χ2v) is 5.26. The van der Waals surface area contributed by atoms with E-state index in [0.29, 0.717) is 0 Å². The van der Waals surface area contributed by atoms with E-state index < -0.39 is 0 Å². The Balaban J connectivity index is 1.97. The quantitative estimate of drug-likeness (QED) is 0.656. The highest BCUT2D eigenvalue weighted by Crippen LogP contribution is 2.49. The van der Waals surface area contributed by atoms with Crippen molar-refractivity contribution in [3.8, 4) is 0 Å². The molecule has 1 fully saturated rings. The maximum Gasteiger partial charge on any atom is 0.0210 e. The van der Waals surface area contributed by atoms with E-state index in [1.165, 1.54) is 22.9 Å². The molecule has 0 saturated heterocycles. The summed E-state index contributed by atoms with van der Waals surface area (Å²) in [6, 6.07) is 8.67. The molecule has 0 N–H and O–H groups in total. The minimum Gasteiger partial charge on any atom is -0.0851 e. The van der Waals surface area contributed by atoms with Crippen LogP contribution in [0.4, 0.5) is 0 Å². The van der Waals surface area contributed by atoms with Gasteiger partial charge in [-0.25, -0.2) is 0 Å². The zero-order chi connectivity index (χ0) is 9.54. The molecular formula is C13H13Br. The first kappa shape index (κ1) is 8.72. The molecule has 2 bridgehead atoms. The summed E-state index contributed by atoms with van der Waals surface area (Å²) in [6.45, 7) is 0. The van der Waals surface area contributed by atoms with Gasteiger partial charge in [0.15, 0.2) is 0 Å². The van der Waals surface area contributed by atoms with E-state index in [-0.39, 0.29) is 0 Å². The molecule has 0 amide bonds. The molecule has 1 aromatic carbocycles. The van der Waals surface area contributed by atoms with E-state index in [1.807, 2.05) is 0 Å². The molecule has 1 aromatic rings. The van der Waals surface area contributed by atoms with Crippen LogP contribution in [0.2, 0.25) is 0 Å². The number of allylic oxidation sites excluding steroid dienone is 2. The third kappa shape index (κ3) is 1.26. The largest absolute Gasteiger partial charge is 0.0851 e. The van der Waals surface area contributed by atoms with Crippen LogP contribution < -0.4 is 0 Å². The molecule has 0 nitrogen and oxygen atoms in total. The first-order valence-corrected chi connectivity index (χ1v) is 6.06. The Hall–Kier alpha value is -0.560. The summed E-state index contributed by atoms with van der Waals surface area (Å²) in [5, 5.41) is 0. The predicted octanol–water partition coefficient (Wildman–Crippen LogP) is 4.13. The Morgan fingerprint density at radius 1 is 1.07 bits per heavy atom. The summed E-state index contributed by atoms with van der Waals surface area (Å²) in [5.41, 5.74) is 1.50. The fourth-order valence-electron chi connectivity index (χ4n) is 2.91. The van der Waals surface area contributed by atoms with Crippen LogP contribution in [0.3, 0.4) is 0 Å². The second kappa shape index (κ2) is 3.23. The maximum absolute atomic E-state index is 3.65. The van der Waals surface area contributed by atoms with Gasteiger partial charge in [0.2, 0.25) is 0 Å². The van der Waals surface area contributed by atoms with Gasteiger partial charge in [-0.1, -0.05) is 46.3 Å². The molecule has 3 rings (SSSR count). The van der Waals surface area contributed by atoms with Crippen LogP contribution in [0.15, 0.2) is 40.9 Å². The van der Waals surface area contributed by atoms with E-state index in [0.717, 1.165) is 17.8 Å². The number of benzene rings is 1. The highest BCUT2D eigenvalue weighted by Gasteiger charge is 2.36. The lowest BCUT2D eigenvalue weighted by Gasteiger charge is -2.19. The molecular weight excluding hydrogens is 236 g/mol. The SMILES string of the molecule is Brc1ccccc1C1CC2C=CC1C2. The van der Waals surface area contributed by atoms with Crippen LogP contribution >= 0.6 is 15.9 Å². The number of hydrogen-bond acceptors (Lipinski definition) is 0. The van der Waals surface area contributed by atoms with Crippen LogP contribution in [-0.4, -0.2) is 0 Å². The Morgan fingerprint density at radius 3 is 2.57 bits per heavy atom. The van der Waals surface area contributed by atoms with Crippen LogP contribution in [0.1, 0.15) is 24.3 Å². The fourth-order valence-corrected chi connectivity index (χ4v) is 3.49. The molecule has 14 heavy (non-hydrogen) atoms. The molecule has 1 saturated carbocycles. The minimum absolute atomic E-state index is 0.764. The van der Waals surface area contributed by atoms with Gasteiger partial charge < -0.3 is 0 Å². The van der Waals surface area contributed by atoms with Gasteiger partial charge in [-0.15, -0.1) is 0 Å². The van der Waals surface area contributed by atoms with E-state index in [1.54, 1.807) is 0 Å². The van der Waals surface area contributed by atoms with E-state index >= 15 is 0 Å². The number of fused-ring (bicyclic) bond motifs is 2. The minimum atomic E-state index is 0.764. The van der Waals surface area contributed by atoms with Gasteiger partial charge in [0.25, 0.3) is 0 Å². The summed E-state index contributed by atoms with van der Waals surface area (Å²) < 4.78 is 1.28.